The van der Waals surface area contributed by atoms with Gasteiger partial charge in [0.25, 0.3) is 0 Å². The molecule has 0 aromatic heterocycles. The van der Waals surface area contributed by atoms with Crippen LogP contribution in [-0.4, -0.2) is 13.2 Å². The molecule has 0 saturated heterocycles. The van der Waals surface area contributed by atoms with Crippen LogP contribution < -0.4 is 9.47 Å². The van der Waals surface area contributed by atoms with Crippen molar-refractivity contribution >= 4 is 0 Å². The minimum absolute atomic E-state index is 0.780. The minimum Gasteiger partial charge on any atom is -0.494 e. The predicted molar refractivity (Wildman–Crippen MR) is 91.9 cm³/mol. The second-order valence-corrected chi connectivity index (χ2v) is 5.49. The fraction of sp³-hybridized carbons (Fsp3) is 0.400. The third-order valence-corrected chi connectivity index (χ3v) is 3.47. The van der Waals surface area contributed by atoms with Gasteiger partial charge in [-0.15, -0.1) is 0 Å². The Morgan fingerprint density at radius 1 is 0.682 bits per heavy atom. The van der Waals surface area contributed by atoms with Crippen LogP contribution in [0.2, 0.25) is 0 Å². The number of rotatable bonds is 9. The fourth-order valence-corrected chi connectivity index (χ4v) is 2.27. The van der Waals surface area contributed by atoms with E-state index in [4.69, 9.17) is 9.47 Å². The van der Waals surface area contributed by atoms with Gasteiger partial charge in [-0.1, -0.05) is 38.1 Å². The fourth-order valence-electron chi connectivity index (χ4n) is 2.27. The average molecular weight is 298 g/mol. The lowest BCUT2D eigenvalue weighted by atomic mass is 10.0. The molecule has 0 fully saturated rings. The van der Waals surface area contributed by atoms with Crippen LogP contribution in [-0.2, 0) is 12.8 Å². The number of aryl methyl sites for hydroxylation is 2. The summed E-state index contributed by atoms with van der Waals surface area (Å²) in [6.07, 6.45) is 4.14. The molecule has 2 nitrogen and oxygen atoms in total. The van der Waals surface area contributed by atoms with Gasteiger partial charge in [0.2, 0.25) is 0 Å². The van der Waals surface area contributed by atoms with Crippen LogP contribution in [0.1, 0.15) is 37.8 Å². The van der Waals surface area contributed by atoms with Gasteiger partial charge >= 0.3 is 0 Å². The Labute approximate surface area is 134 Å². The summed E-state index contributed by atoms with van der Waals surface area (Å²) in [6.45, 7) is 5.80. The maximum absolute atomic E-state index is 5.68. The maximum atomic E-state index is 5.68. The lowest BCUT2D eigenvalue weighted by Crippen LogP contribution is -1.97. The van der Waals surface area contributed by atoms with Crippen LogP contribution in [0.5, 0.6) is 11.5 Å². The van der Waals surface area contributed by atoms with E-state index < -0.39 is 0 Å². The molecular weight excluding hydrogens is 272 g/mol. The van der Waals surface area contributed by atoms with Crippen LogP contribution in [0.4, 0.5) is 0 Å². The zero-order valence-electron chi connectivity index (χ0n) is 13.7. The van der Waals surface area contributed by atoms with Crippen molar-refractivity contribution in [1.82, 2.24) is 0 Å². The molecule has 0 N–H and O–H groups in total. The van der Waals surface area contributed by atoms with Crippen LogP contribution in [0.15, 0.2) is 48.5 Å². The smallest absolute Gasteiger partial charge is 0.119 e. The summed E-state index contributed by atoms with van der Waals surface area (Å²) in [6, 6.07) is 16.8. The van der Waals surface area contributed by atoms with Gasteiger partial charge in [0.15, 0.2) is 0 Å². The number of ether oxygens (including phenoxy) is 2. The van der Waals surface area contributed by atoms with Gasteiger partial charge in [-0.25, -0.2) is 0 Å². The zero-order valence-corrected chi connectivity index (χ0v) is 13.7. The van der Waals surface area contributed by atoms with E-state index in [1.807, 2.05) is 6.07 Å². The highest BCUT2D eigenvalue weighted by molar-refractivity contribution is 5.31. The van der Waals surface area contributed by atoms with Gasteiger partial charge in [0.1, 0.15) is 11.5 Å². The second kappa shape index (κ2) is 9.14. The van der Waals surface area contributed by atoms with E-state index >= 15 is 0 Å². The van der Waals surface area contributed by atoms with E-state index in [0.29, 0.717) is 0 Å². The highest BCUT2D eigenvalue weighted by Gasteiger charge is 2.00. The summed E-state index contributed by atoms with van der Waals surface area (Å²) in [5, 5.41) is 0. The number of hydrogen-bond donors (Lipinski definition) is 0. The van der Waals surface area contributed by atoms with E-state index in [0.717, 1.165) is 50.4 Å². The first-order valence-corrected chi connectivity index (χ1v) is 8.25. The first-order valence-electron chi connectivity index (χ1n) is 8.25. The lowest BCUT2D eigenvalue weighted by molar-refractivity contribution is 0.317. The number of benzene rings is 2. The molecule has 0 bridgehead atoms. The molecule has 0 amide bonds. The van der Waals surface area contributed by atoms with Crippen molar-refractivity contribution in [1.29, 1.82) is 0 Å². The highest BCUT2D eigenvalue weighted by Crippen LogP contribution is 2.17. The molecule has 0 aliphatic heterocycles. The maximum Gasteiger partial charge on any atom is 0.119 e. The van der Waals surface area contributed by atoms with E-state index in [9.17, 15) is 0 Å². The predicted octanol–water partition coefficient (Wildman–Crippen LogP) is 5.05. The molecule has 2 heteroatoms. The first kappa shape index (κ1) is 16.4. The third kappa shape index (κ3) is 5.44. The molecular formula is C20H26O2. The van der Waals surface area contributed by atoms with Crippen LogP contribution in [0.25, 0.3) is 0 Å². The molecule has 2 rings (SSSR count). The van der Waals surface area contributed by atoms with Crippen LogP contribution in [0, 0.1) is 0 Å². The summed E-state index contributed by atoms with van der Waals surface area (Å²) < 4.78 is 11.3. The van der Waals surface area contributed by atoms with Crippen LogP contribution in [0.3, 0.4) is 0 Å². The Bertz CT molecular complexity index is 546. The highest BCUT2D eigenvalue weighted by atomic mass is 16.5. The Kier molecular flexibility index (Phi) is 6.82. The Morgan fingerprint density at radius 2 is 1.32 bits per heavy atom. The molecule has 0 saturated carbocycles. The van der Waals surface area contributed by atoms with E-state index in [-0.39, 0.29) is 0 Å². The topological polar surface area (TPSA) is 18.5 Å². The molecule has 0 atom stereocenters. The largest absolute Gasteiger partial charge is 0.494 e. The monoisotopic (exact) mass is 298 g/mol. The molecule has 118 valence electrons. The van der Waals surface area contributed by atoms with Gasteiger partial charge in [-0.05, 0) is 61.1 Å². The van der Waals surface area contributed by atoms with Gasteiger partial charge in [0, 0.05) is 0 Å². The van der Waals surface area contributed by atoms with Crippen molar-refractivity contribution in [2.75, 3.05) is 13.2 Å². The molecule has 0 heterocycles. The van der Waals surface area contributed by atoms with Crippen molar-refractivity contribution in [2.24, 2.45) is 0 Å². The standard InChI is InChI=1S/C20H26O2/c1-3-14-21-19-12-10-17(11-13-19)8-9-18-6-5-7-20(16-18)22-15-4-2/h5-7,10-13,16H,3-4,8-9,14-15H2,1-2H3. The zero-order chi connectivity index (χ0) is 15.6. The quantitative estimate of drug-likeness (QED) is 0.645. The molecule has 0 aliphatic rings. The normalized spacial score (nSPS) is 10.5. The van der Waals surface area contributed by atoms with Crippen molar-refractivity contribution in [3.05, 3.63) is 59.7 Å². The molecule has 22 heavy (non-hydrogen) atoms. The summed E-state index contributed by atoms with van der Waals surface area (Å²) in [4.78, 5) is 0. The van der Waals surface area contributed by atoms with E-state index in [1.165, 1.54) is 11.1 Å². The Hall–Kier alpha value is -1.96. The number of hydrogen-bond acceptors (Lipinski definition) is 2. The molecule has 2 aromatic rings. The van der Waals surface area contributed by atoms with Gasteiger partial charge in [0.05, 0.1) is 13.2 Å². The van der Waals surface area contributed by atoms with Gasteiger partial charge in [-0.2, -0.15) is 0 Å². The second-order valence-electron chi connectivity index (χ2n) is 5.49. The Morgan fingerprint density at radius 3 is 2.00 bits per heavy atom. The van der Waals surface area contributed by atoms with E-state index in [1.54, 1.807) is 0 Å². The molecule has 0 unspecified atom stereocenters. The van der Waals surface area contributed by atoms with Gasteiger partial charge in [-0.3, -0.25) is 0 Å². The minimum atomic E-state index is 0.780. The molecule has 2 aromatic carbocycles. The van der Waals surface area contributed by atoms with Crippen molar-refractivity contribution in [2.45, 2.75) is 39.5 Å². The van der Waals surface area contributed by atoms with Crippen molar-refractivity contribution in [3.63, 3.8) is 0 Å². The molecule has 0 radical (unpaired) electrons. The van der Waals surface area contributed by atoms with Crippen molar-refractivity contribution < 1.29 is 9.47 Å². The Balaban J connectivity index is 1.86. The summed E-state index contributed by atoms with van der Waals surface area (Å²) in [7, 11) is 0. The van der Waals surface area contributed by atoms with Crippen molar-refractivity contribution in [3.8, 4) is 11.5 Å². The summed E-state index contributed by atoms with van der Waals surface area (Å²) in [5.74, 6) is 1.93. The van der Waals surface area contributed by atoms with Crippen LogP contribution >= 0.6 is 0 Å². The molecule has 0 spiro atoms. The summed E-state index contributed by atoms with van der Waals surface area (Å²) in [5.41, 5.74) is 2.66. The third-order valence-electron chi connectivity index (χ3n) is 3.47. The summed E-state index contributed by atoms with van der Waals surface area (Å²) >= 11 is 0. The average Bonchev–Trinajstić information content (AvgIpc) is 2.57. The lowest BCUT2D eigenvalue weighted by Gasteiger charge is -2.08. The van der Waals surface area contributed by atoms with E-state index in [2.05, 4.69) is 56.3 Å². The van der Waals surface area contributed by atoms with Gasteiger partial charge < -0.3 is 9.47 Å². The first-order chi connectivity index (χ1) is 10.8. The SMILES string of the molecule is CCCOc1ccc(CCc2cccc(OCCC)c2)cc1. The molecule has 0 aliphatic carbocycles.